The Hall–Kier alpha value is -2.59. The van der Waals surface area contributed by atoms with E-state index in [2.05, 4.69) is 15.5 Å². The number of hydrogen-bond acceptors (Lipinski definition) is 10. The number of nitrogens with two attached hydrogens (primary N) is 1. The molecule has 34 heavy (non-hydrogen) atoms. The summed E-state index contributed by atoms with van der Waals surface area (Å²) >= 11 is 0. The van der Waals surface area contributed by atoms with Crippen LogP contribution in [0.5, 0.6) is 11.5 Å². The second-order valence-corrected chi connectivity index (χ2v) is 9.59. The molecule has 3 aromatic carbocycles. The zero-order valence-corrected chi connectivity index (χ0v) is 21.8. The SMILES string of the molecule is COc1ccc(S(N)(=O)=O)cc1N=Nc1ccc(O)c2c(NC(C)=O)ccc(S(=O)(=O)[O-])c12.[Na+]. The molecule has 0 fully saturated rings. The maximum atomic E-state index is 11.9. The van der Waals surface area contributed by atoms with Crippen molar-refractivity contribution in [3.05, 3.63) is 42.5 Å². The van der Waals surface area contributed by atoms with Gasteiger partial charge in [-0.3, -0.25) is 4.79 Å². The largest absolute Gasteiger partial charge is 1.00 e. The molecule has 0 bridgehead atoms. The van der Waals surface area contributed by atoms with Crippen LogP contribution >= 0.6 is 0 Å². The number of ether oxygens (including phenoxy) is 1. The molecular weight excluding hydrogens is 499 g/mol. The standard InChI is InChI=1S/C19H18N4O8S2.Na/c1-10(24)21-12-5-8-17(33(28,29)30)19-13(4-6-15(25)18(12)19)22-23-14-9-11(32(20,26)27)3-7-16(14)31-2;/h3-9,25H,1-2H3,(H,21,24)(H2,20,26,27)(H,28,29,30);/q;+1/p-1. The molecular formula is C19H17N4NaO8S2. The average molecular weight is 516 g/mol. The number of azo groups is 1. The second kappa shape index (κ2) is 10.4. The van der Waals surface area contributed by atoms with E-state index in [1.165, 1.54) is 38.3 Å². The number of phenols is 1. The van der Waals surface area contributed by atoms with Gasteiger partial charge in [0.2, 0.25) is 15.9 Å². The Labute approximate surface area is 216 Å². The number of anilines is 1. The quantitative estimate of drug-likeness (QED) is 0.221. The third-order valence-corrected chi connectivity index (χ3v) is 6.19. The number of rotatable bonds is 6. The van der Waals surface area contributed by atoms with E-state index in [0.29, 0.717) is 0 Å². The Morgan fingerprint density at radius 2 is 1.68 bits per heavy atom. The Bertz CT molecular complexity index is 1520. The molecule has 3 aromatic rings. The number of carbonyl (C=O) groups is 1. The van der Waals surface area contributed by atoms with Crippen LogP contribution < -0.4 is 44.7 Å². The molecule has 3 rings (SSSR count). The molecule has 0 atom stereocenters. The molecule has 0 aliphatic heterocycles. The van der Waals surface area contributed by atoms with E-state index in [4.69, 9.17) is 9.88 Å². The molecule has 12 nitrogen and oxygen atoms in total. The van der Waals surface area contributed by atoms with E-state index in [1.807, 2.05) is 0 Å². The van der Waals surface area contributed by atoms with Crippen LogP contribution in [0.25, 0.3) is 10.8 Å². The Kier molecular flexibility index (Phi) is 8.42. The van der Waals surface area contributed by atoms with Crippen molar-refractivity contribution in [3.63, 3.8) is 0 Å². The first-order valence-corrected chi connectivity index (χ1v) is 11.9. The van der Waals surface area contributed by atoms with E-state index in [1.54, 1.807) is 0 Å². The van der Waals surface area contributed by atoms with Gasteiger partial charge in [-0.1, -0.05) is 0 Å². The van der Waals surface area contributed by atoms with Gasteiger partial charge in [-0.25, -0.2) is 22.0 Å². The topological polar surface area (TPSA) is 201 Å². The van der Waals surface area contributed by atoms with E-state index in [-0.39, 0.29) is 68.0 Å². The van der Waals surface area contributed by atoms with E-state index in [0.717, 1.165) is 18.2 Å². The fourth-order valence-electron chi connectivity index (χ4n) is 3.05. The van der Waals surface area contributed by atoms with Crippen LogP contribution in [-0.4, -0.2) is 39.5 Å². The number of sulfonamides is 1. The number of methoxy groups -OCH3 is 1. The molecule has 0 aliphatic carbocycles. The molecule has 0 aliphatic rings. The van der Waals surface area contributed by atoms with Gasteiger partial charge in [0.1, 0.15) is 27.3 Å². The Balaban J connectivity index is 0.00000408. The van der Waals surface area contributed by atoms with Gasteiger partial charge in [-0.05, 0) is 42.5 Å². The minimum Gasteiger partial charge on any atom is -0.744 e. The monoisotopic (exact) mass is 516 g/mol. The third kappa shape index (κ3) is 5.90. The zero-order chi connectivity index (χ0) is 24.6. The summed E-state index contributed by atoms with van der Waals surface area (Å²) < 4.78 is 64.1. The number of nitrogens with zero attached hydrogens (tertiary/aromatic N) is 2. The van der Waals surface area contributed by atoms with E-state index < -0.39 is 36.7 Å². The summed E-state index contributed by atoms with van der Waals surface area (Å²) in [6.45, 7) is 1.20. The van der Waals surface area contributed by atoms with Crippen LogP contribution in [0.3, 0.4) is 0 Å². The van der Waals surface area contributed by atoms with Crippen molar-refractivity contribution >= 4 is 53.9 Å². The number of carbonyl (C=O) groups excluding carboxylic acids is 1. The maximum Gasteiger partial charge on any atom is 1.00 e. The van der Waals surface area contributed by atoms with E-state index >= 15 is 0 Å². The third-order valence-electron chi connectivity index (χ3n) is 4.40. The number of amides is 1. The summed E-state index contributed by atoms with van der Waals surface area (Å²) in [5.74, 6) is -0.804. The van der Waals surface area contributed by atoms with Gasteiger partial charge in [0.05, 0.1) is 33.7 Å². The van der Waals surface area contributed by atoms with Crippen molar-refractivity contribution in [2.75, 3.05) is 12.4 Å². The van der Waals surface area contributed by atoms with Gasteiger partial charge in [0.15, 0.2) is 0 Å². The number of nitrogens with one attached hydrogen (secondary N) is 1. The molecule has 0 saturated heterocycles. The summed E-state index contributed by atoms with van der Waals surface area (Å²) in [4.78, 5) is 10.6. The van der Waals surface area contributed by atoms with Gasteiger partial charge in [-0.2, -0.15) is 0 Å². The Morgan fingerprint density at radius 3 is 2.24 bits per heavy atom. The van der Waals surface area contributed by atoms with Gasteiger partial charge in [-0.15, -0.1) is 10.2 Å². The predicted molar refractivity (Wildman–Crippen MR) is 116 cm³/mol. The van der Waals surface area contributed by atoms with Crippen molar-refractivity contribution in [1.29, 1.82) is 0 Å². The number of phenolic OH excluding ortho intramolecular Hbond substituents is 1. The first-order chi connectivity index (χ1) is 15.3. The number of primary sulfonamides is 1. The van der Waals surface area contributed by atoms with Crippen molar-refractivity contribution in [1.82, 2.24) is 0 Å². The molecule has 15 heteroatoms. The molecule has 1 amide bonds. The van der Waals surface area contributed by atoms with E-state index in [9.17, 15) is 31.3 Å². The minimum atomic E-state index is -5.03. The summed E-state index contributed by atoms with van der Waals surface area (Å²) in [7, 11) is -7.79. The summed E-state index contributed by atoms with van der Waals surface area (Å²) in [5, 5.41) is 25.4. The Morgan fingerprint density at radius 1 is 1.03 bits per heavy atom. The number of benzene rings is 3. The number of aromatic hydroxyl groups is 1. The predicted octanol–water partition coefficient (Wildman–Crippen LogP) is -0.517. The zero-order valence-electron chi connectivity index (χ0n) is 18.1. The first-order valence-electron chi connectivity index (χ1n) is 8.97. The molecule has 174 valence electrons. The van der Waals surface area contributed by atoms with Crippen molar-refractivity contribution in [3.8, 4) is 11.5 Å². The second-order valence-electron chi connectivity index (χ2n) is 6.68. The van der Waals surface area contributed by atoms with Gasteiger partial charge in [0.25, 0.3) is 0 Å². The molecule has 0 spiro atoms. The van der Waals surface area contributed by atoms with Crippen LogP contribution in [0.4, 0.5) is 17.1 Å². The van der Waals surface area contributed by atoms with Crippen LogP contribution in [-0.2, 0) is 24.9 Å². The maximum absolute atomic E-state index is 11.9. The van der Waals surface area contributed by atoms with Crippen LogP contribution in [0.15, 0.2) is 62.5 Å². The normalized spacial score (nSPS) is 11.9. The minimum absolute atomic E-state index is 0. The van der Waals surface area contributed by atoms with Gasteiger partial charge in [0, 0.05) is 12.3 Å². The molecule has 0 radical (unpaired) electrons. The average Bonchev–Trinajstić information content (AvgIpc) is 2.71. The van der Waals surface area contributed by atoms with Crippen molar-refractivity contribution in [2.45, 2.75) is 16.7 Å². The molecule has 0 saturated carbocycles. The van der Waals surface area contributed by atoms with Gasteiger partial charge >= 0.3 is 29.6 Å². The number of hydrogen-bond donors (Lipinski definition) is 3. The van der Waals surface area contributed by atoms with Gasteiger partial charge < -0.3 is 19.7 Å². The molecule has 4 N–H and O–H groups in total. The van der Waals surface area contributed by atoms with Crippen molar-refractivity contribution < 1.29 is 65.6 Å². The van der Waals surface area contributed by atoms with Crippen LogP contribution in [0, 0.1) is 0 Å². The van der Waals surface area contributed by atoms with Crippen LogP contribution in [0.2, 0.25) is 0 Å². The smallest absolute Gasteiger partial charge is 0.744 e. The molecule has 0 heterocycles. The molecule has 0 aromatic heterocycles. The fourth-order valence-corrected chi connectivity index (χ4v) is 4.27. The van der Waals surface area contributed by atoms with Crippen molar-refractivity contribution in [2.24, 2.45) is 15.4 Å². The van der Waals surface area contributed by atoms with Crippen LogP contribution in [0.1, 0.15) is 6.92 Å². The summed E-state index contributed by atoms with van der Waals surface area (Å²) in [5.41, 5.74) is -0.185. The summed E-state index contributed by atoms with van der Waals surface area (Å²) in [6, 6.07) is 8.08. The first kappa shape index (κ1) is 27.7. The number of fused-ring (bicyclic) bond motifs is 1. The summed E-state index contributed by atoms with van der Waals surface area (Å²) in [6.07, 6.45) is 0. The molecule has 0 unspecified atom stereocenters. The fraction of sp³-hybridized carbons (Fsp3) is 0.105.